The molecule has 0 saturated carbocycles. The number of anilines is 3. The molecule has 112 valence electrons. The van der Waals surface area contributed by atoms with Crippen LogP contribution in [0.15, 0.2) is 24.3 Å². The van der Waals surface area contributed by atoms with E-state index in [1.807, 2.05) is 38.2 Å². The summed E-state index contributed by atoms with van der Waals surface area (Å²) in [7, 11) is 3.52. The number of hydrogen-bond donors (Lipinski definition) is 2. The molecule has 0 unspecified atom stereocenters. The molecule has 1 heterocycles. The highest BCUT2D eigenvalue weighted by atomic mass is 16.5. The lowest BCUT2D eigenvalue weighted by Gasteiger charge is -2.13. The Balaban J connectivity index is 2.32. The van der Waals surface area contributed by atoms with Gasteiger partial charge in [0.1, 0.15) is 23.2 Å². The van der Waals surface area contributed by atoms with E-state index in [1.165, 1.54) is 0 Å². The van der Waals surface area contributed by atoms with Gasteiger partial charge < -0.3 is 15.4 Å². The third-order valence-electron chi connectivity index (χ3n) is 3.21. The second kappa shape index (κ2) is 6.43. The quantitative estimate of drug-likeness (QED) is 0.877. The van der Waals surface area contributed by atoms with Gasteiger partial charge in [0.15, 0.2) is 0 Å². The second-order valence-corrected chi connectivity index (χ2v) is 5.21. The van der Waals surface area contributed by atoms with Crippen LogP contribution in [-0.2, 0) is 0 Å². The molecule has 0 radical (unpaired) electrons. The van der Waals surface area contributed by atoms with Crippen molar-refractivity contribution in [3.8, 4) is 5.75 Å². The van der Waals surface area contributed by atoms with Gasteiger partial charge in [0, 0.05) is 24.7 Å². The Hall–Kier alpha value is -2.30. The molecule has 5 nitrogen and oxygen atoms in total. The Labute approximate surface area is 125 Å². The highest BCUT2D eigenvalue weighted by molar-refractivity contribution is 5.63. The Bertz CT molecular complexity index is 626. The predicted molar refractivity (Wildman–Crippen MR) is 86.7 cm³/mol. The number of hydrogen-bond acceptors (Lipinski definition) is 5. The number of nitrogens with one attached hydrogen (secondary N) is 2. The molecule has 0 amide bonds. The van der Waals surface area contributed by atoms with Crippen molar-refractivity contribution in [2.75, 3.05) is 24.8 Å². The van der Waals surface area contributed by atoms with Crippen LogP contribution in [0.4, 0.5) is 17.3 Å². The fourth-order valence-electron chi connectivity index (χ4n) is 1.96. The minimum atomic E-state index is 0.274. The summed E-state index contributed by atoms with van der Waals surface area (Å²) >= 11 is 0. The van der Waals surface area contributed by atoms with Gasteiger partial charge in [0.25, 0.3) is 0 Å². The van der Waals surface area contributed by atoms with E-state index in [0.717, 1.165) is 34.5 Å². The second-order valence-electron chi connectivity index (χ2n) is 5.21. The number of nitrogens with zero attached hydrogens (tertiary/aromatic N) is 2. The van der Waals surface area contributed by atoms with Crippen LogP contribution in [0.2, 0.25) is 0 Å². The molecule has 1 aromatic heterocycles. The number of rotatable bonds is 5. The molecular formula is C16H22N4O. The van der Waals surface area contributed by atoms with Crippen molar-refractivity contribution in [3.05, 3.63) is 35.7 Å². The number of ether oxygens (including phenoxy) is 1. The molecule has 0 bridgehead atoms. The third-order valence-corrected chi connectivity index (χ3v) is 3.21. The van der Waals surface area contributed by atoms with E-state index >= 15 is 0 Å². The SMILES string of the molecule is CNc1cc(Nc2ccc(OC)cc2C)nc(C(C)C)n1. The van der Waals surface area contributed by atoms with Gasteiger partial charge in [-0.3, -0.25) is 0 Å². The predicted octanol–water partition coefficient (Wildman–Crippen LogP) is 3.70. The average Bonchev–Trinajstić information content (AvgIpc) is 2.48. The molecule has 0 aliphatic carbocycles. The molecule has 0 spiro atoms. The molecule has 2 rings (SSSR count). The Morgan fingerprint density at radius 3 is 2.38 bits per heavy atom. The topological polar surface area (TPSA) is 59.1 Å². The molecule has 0 aliphatic heterocycles. The third kappa shape index (κ3) is 3.62. The lowest BCUT2D eigenvalue weighted by Crippen LogP contribution is -2.05. The van der Waals surface area contributed by atoms with Gasteiger partial charge in [-0.15, -0.1) is 0 Å². The van der Waals surface area contributed by atoms with Crippen LogP contribution in [0, 0.1) is 6.92 Å². The lowest BCUT2D eigenvalue weighted by atomic mass is 10.2. The first-order valence-corrected chi connectivity index (χ1v) is 7.02. The summed E-state index contributed by atoms with van der Waals surface area (Å²) < 4.78 is 5.22. The summed E-state index contributed by atoms with van der Waals surface area (Å²) in [6.45, 7) is 6.20. The van der Waals surface area contributed by atoms with Crippen molar-refractivity contribution < 1.29 is 4.74 Å². The first-order chi connectivity index (χ1) is 10.0. The van der Waals surface area contributed by atoms with Gasteiger partial charge >= 0.3 is 0 Å². The number of aromatic nitrogens is 2. The largest absolute Gasteiger partial charge is 0.497 e. The molecule has 1 aromatic carbocycles. The van der Waals surface area contributed by atoms with Crippen molar-refractivity contribution in [3.63, 3.8) is 0 Å². The van der Waals surface area contributed by atoms with Crippen molar-refractivity contribution in [1.82, 2.24) is 9.97 Å². The molecule has 0 fully saturated rings. The normalized spacial score (nSPS) is 10.6. The van der Waals surface area contributed by atoms with E-state index in [2.05, 4.69) is 34.4 Å². The Morgan fingerprint density at radius 2 is 1.81 bits per heavy atom. The monoisotopic (exact) mass is 286 g/mol. The van der Waals surface area contributed by atoms with E-state index in [-0.39, 0.29) is 5.92 Å². The zero-order valence-corrected chi connectivity index (χ0v) is 13.2. The molecular weight excluding hydrogens is 264 g/mol. The standard InChI is InChI=1S/C16H22N4O/c1-10(2)16-19-14(17-4)9-15(20-16)18-13-7-6-12(21-5)8-11(13)3/h6-10H,1-5H3,(H2,17,18,19,20). The van der Waals surface area contributed by atoms with Crippen molar-refractivity contribution >= 4 is 17.3 Å². The highest BCUT2D eigenvalue weighted by Crippen LogP contribution is 2.25. The van der Waals surface area contributed by atoms with E-state index in [0.29, 0.717) is 0 Å². The maximum atomic E-state index is 5.22. The Morgan fingerprint density at radius 1 is 1.10 bits per heavy atom. The molecule has 21 heavy (non-hydrogen) atoms. The Kier molecular flexibility index (Phi) is 4.62. The van der Waals surface area contributed by atoms with Crippen LogP contribution < -0.4 is 15.4 Å². The average molecular weight is 286 g/mol. The van der Waals surface area contributed by atoms with Crippen LogP contribution in [-0.4, -0.2) is 24.1 Å². The first-order valence-electron chi connectivity index (χ1n) is 7.02. The summed E-state index contributed by atoms with van der Waals surface area (Å²) in [4.78, 5) is 9.03. The van der Waals surface area contributed by atoms with Crippen molar-refractivity contribution in [2.45, 2.75) is 26.7 Å². The minimum Gasteiger partial charge on any atom is -0.497 e. The minimum absolute atomic E-state index is 0.274. The zero-order chi connectivity index (χ0) is 15.4. The van der Waals surface area contributed by atoms with Gasteiger partial charge in [0.05, 0.1) is 7.11 Å². The van der Waals surface area contributed by atoms with Crippen LogP contribution in [0.3, 0.4) is 0 Å². The van der Waals surface area contributed by atoms with Crippen molar-refractivity contribution in [2.24, 2.45) is 0 Å². The summed E-state index contributed by atoms with van der Waals surface area (Å²) in [6, 6.07) is 7.81. The number of methoxy groups -OCH3 is 1. The van der Waals surface area contributed by atoms with E-state index in [1.54, 1.807) is 7.11 Å². The lowest BCUT2D eigenvalue weighted by molar-refractivity contribution is 0.414. The molecule has 0 atom stereocenters. The van der Waals surface area contributed by atoms with Crippen LogP contribution in [0.5, 0.6) is 5.75 Å². The first kappa shape index (κ1) is 15.1. The smallest absolute Gasteiger partial charge is 0.136 e. The summed E-state index contributed by atoms with van der Waals surface area (Å²) in [5.41, 5.74) is 2.11. The van der Waals surface area contributed by atoms with Crippen LogP contribution in [0.1, 0.15) is 31.2 Å². The van der Waals surface area contributed by atoms with Crippen molar-refractivity contribution in [1.29, 1.82) is 0 Å². The van der Waals surface area contributed by atoms with E-state index < -0.39 is 0 Å². The van der Waals surface area contributed by atoms with E-state index in [4.69, 9.17) is 4.74 Å². The number of benzene rings is 1. The van der Waals surface area contributed by atoms with Crippen LogP contribution >= 0.6 is 0 Å². The maximum Gasteiger partial charge on any atom is 0.136 e. The molecule has 0 saturated heterocycles. The summed E-state index contributed by atoms with van der Waals surface area (Å²) in [6.07, 6.45) is 0. The fraction of sp³-hybridized carbons (Fsp3) is 0.375. The van der Waals surface area contributed by atoms with Crippen LogP contribution in [0.25, 0.3) is 0 Å². The molecule has 5 heteroatoms. The van der Waals surface area contributed by atoms with Gasteiger partial charge in [-0.25, -0.2) is 9.97 Å². The molecule has 2 N–H and O–H groups in total. The summed E-state index contributed by atoms with van der Waals surface area (Å²) in [5.74, 6) is 3.53. The van der Waals surface area contributed by atoms with E-state index in [9.17, 15) is 0 Å². The fourth-order valence-corrected chi connectivity index (χ4v) is 1.96. The zero-order valence-electron chi connectivity index (χ0n) is 13.2. The van der Waals surface area contributed by atoms with Gasteiger partial charge in [-0.2, -0.15) is 0 Å². The summed E-state index contributed by atoms with van der Waals surface area (Å²) in [5, 5.41) is 6.42. The van der Waals surface area contributed by atoms with Gasteiger partial charge in [-0.05, 0) is 30.7 Å². The molecule has 2 aromatic rings. The molecule has 0 aliphatic rings. The van der Waals surface area contributed by atoms with Gasteiger partial charge in [0.2, 0.25) is 0 Å². The number of aryl methyl sites for hydroxylation is 1. The highest BCUT2D eigenvalue weighted by Gasteiger charge is 2.09. The van der Waals surface area contributed by atoms with Gasteiger partial charge in [-0.1, -0.05) is 13.8 Å². The maximum absolute atomic E-state index is 5.22.